The molecule has 0 aliphatic rings. The number of carbonyl (C=O) groups excluding carboxylic acids is 1. The van der Waals surface area contributed by atoms with E-state index in [1.807, 2.05) is 18.2 Å². The lowest BCUT2D eigenvalue weighted by atomic mass is 10.2. The van der Waals surface area contributed by atoms with Gasteiger partial charge in [0.15, 0.2) is 5.76 Å². The second-order valence-electron chi connectivity index (χ2n) is 5.47. The molecule has 1 N–H and O–H groups in total. The van der Waals surface area contributed by atoms with E-state index in [1.165, 1.54) is 11.6 Å². The number of esters is 1. The van der Waals surface area contributed by atoms with Gasteiger partial charge in [0.25, 0.3) is 0 Å². The Balaban J connectivity index is 2.32. The zero-order chi connectivity index (χ0) is 15.0. The van der Waals surface area contributed by atoms with Crippen molar-refractivity contribution in [2.45, 2.75) is 19.9 Å². The van der Waals surface area contributed by atoms with Crippen LogP contribution in [0.1, 0.15) is 18.9 Å². The van der Waals surface area contributed by atoms with E-state index in [9.17, 15) is 4.79 Å². The highest BCUT2D eigenvalue weighted by atomic mass is 16.5. The van der Waals surface area contributed by atoms with Crippen molar-refractivity contribution < 1.29 is 19.1 Å². The molecule has 0 aliphatic heterocycles. The molecule has 0 aromatic heterocycles. The summed E-state index contributed by atoms with van der Waals surface area (Å²) in [6.45, 7) is 3.76. The lowest BCUT2D eigenvalue weighted by molar-refractivity contribution is -0.903. The van der Waals surface area contributed by atoms with Gasteiger partial charge in [-0.15, -0.1) is 0 Å². The summed E-state index contributed by atoms with van der Waals surface area (Å²) in [6.07, 6.45) is 2.10. The van der Waals surface area contributed by atoms with E-state index in [1.54, 1.807) is 6.92 Å². The molecule has 0 bridgehead atoms. The molecule has 4 nitrogen and oxygen atoms in total. The summed E-state index contributed by atoms with van der Waals surface area (Å²) in [4.78, 5) is 11.2. The molecule has 0 radical (unpaired) electrons. The fourth-order valence-corrected chi connectivity index (χ4v) is 2.01. The van der Waals surface area contributed by atoms with Crippen molar-refractivity contribution in [1.82, 2.24) is 0 Å². The van der Waals surface area contributed by atoms with Crippen molar-refractivity contribution in [3.8, 4) is 0 Å². The smallest absolute Gasteiger partial charge is 0.373 e. The molecule has 0 heterocycles. The number of benzene rings is 1. The molecule has 0 saturated carbocycles. The predicted octanol–water partition coefficient (Wildman–Crippen LogP) is 2.66. The number of ether oxygens (including phenoxy) is 1. The van der Waals surface area contributed by atoms with Crippen molar-refractivity contribution in [2.75, 3.05) is 27.2 Å². The normalized spacial score (nSPS) is 12.2. The molecule has 110 valence electrons. The lowest BCUT2D eigenvalue weighted by Crippen LogP contribution is -2.40. The molecule has 0 atom stereocenters. The maximum Gasteiger partial charge on any atom is 0.373 e. The number of rotatable bonds is 7. The van der Waals surface area contributed by atoms with Crippen LogP contribution in [0.4, 0.5) is 0 Å². The Bertz CT molecular complexity index is 452. The molecule has 1 aromatic carbocycles. The number of aliphatic hydroxyl groups excluding tert-OH is 1. The highest BCUT2D eigenvalue weighted by Crippen LogP contribution is 2.09. The summed E-state index contributed by atoms with van der Waals surface area (Å²) < 4.78 is 5.80. The van der Waals surface area contributed by atoms with Crippen LogP contribution in [0.2, 0.25) is 0 Å². The first-order valence-corrected chi connectivity index (χ1v) is 6.83. The maximum atomic E-state index is 11.2. The fraction of sp³-hybridized carbons (Fsp3) is 0.438. The molecule has 0 spiro atoms. The average molecular weight is 278 g/mol. The number of carbonyl (C=O) groups is 1. The number of allylic oxidation sites excluding steroid dienone is 1. The second-order valence-corrected chi connectivity index (χ2v) is 5.47. The Morgan fingerprint density at radius 3 is 2.55 bits per heavy atom. The summed E-state index contributed by atoms with van der Waals surface area (Å²) in [7, 11) is 4.30. The second kappa shape index (κ2) is 7.70. The summed E-state index contributed by atoms with van der Waals surface area (Å²) in [5, 5.41) is 9.16. The van der Waals surface area contributed by atoms with Crippen molar-refractivity contribution in [3.63, 3.8) is 0 Å². The summed E-state index contributed by atoms with van der Waals surface area (Å²) in [5.74, 6) is -0.982. The van der Waals surface area contributed by atoms with Gasteiger partial charge >= 0.3 is 5.97 Å². The molecule has 0 fully saturated rings. The minimum absolute atomic E-state index is 0.327. The number of hydrogen-bond donors (Lipinski definition) is 1. The van der Waals surface area contributed by atoms with Crippen LogP contribution < -0.4 is 0 Å². The Labute approximate surface area is 120 Å². The Kier molecular flexibility index (Phi) is 6.25. The highest BCUT2D eigenvalue weighted by Gasteiger charge is 2.16. The molecule has 4 heteroatoms. The van der Waals surface area contributed by atoms with Crippen molar-refractivity contribution in [3.05, 3.63) is 47.7 Å². The number of quaternary nitrogens is 1. The summed E-state index contributed by atoms with van der Waals surface area (Å²) in [6, 6.07) is 10.3. The highest BCUT2D eigenvalue weighted by molar-refractivity contribution is 5.85. The lowest BCUT2D eigenvalue weighted by Gasteiger charge is -2.29. The van der Waals surface area contributed by atoms with Crippen LogP contribution in [-0.2, 0) is 16.1 Å². The van der Waals surface area contributed by atoms with Crippen LogP contribution in [0.25, 0.3) is 0 Å². The van der Waals surface area contributed by atoms with Crippen LogP contribution in [0.5, 0.6) is 0 Å². The predicted molar refractivity (Wildman–Crippen MR) is 79.1 cm³/mol. The third kappa shape index (κ3) is 5.89. The van der Waals surface area contributed by atoms with E-state index in [-0.39, 0.29) is 5.76 Å². The first-order chi connectivity index (χ1) is 9.44. The van der Waals surface area contributed by atoms with E-state index in [4.69, 9.17) is 9.84 Å². The van der Waals surface area contributed by atoms with Crippen molar-refractivity contribution in [2.24, 2.45) is 0 Å². The molecule has 1 aromatic rings. The quantitative estimate of drug-likeness (QED) is 0.274. The van der Waals surface area contributed by atoms with Gasteiger partial charge in [-0.05, 0) is 13.0 Å². The van der Waals surface area contributed by atoms with E-state index >= 15 is 0 Å². The molecular formula is C16H24NO3+. The minimum Gasteiger partial charge on any atom is -0.502 e. The van der Waals surface area contributed by atoms with E-state index < -0.39 is 5.97 Å². The third-order valence-electron chi connectivity index (χ3n) is 3.08. The summed E-state index contributed by atoms with van der Waals surface area (Å²) in [5.41, 5.74) is 1.29. The largest absolute Gasteiger partial charge is 0.502 e. The Hall–Kier alpha value is -1.81. The van der Waals surface area contributed by atoms with Gasteiger partial charge in [0.1, 0.15) is 6.54 Å². The molecule has 1 rings (SSSR count). The standard InChI is InChI=1S/C16H23NO3/c1-4-15(18)16(19)20-12-8-11-17(2,3)13-14-9-6-5-7-10-14/h4-7,9-10H,8,11-13H2,1-3H3/p+1. The van der Waals surface area contributed by atoms with Crippen LogP contribution >= 0.6 is 0 Å². The average Bonchev–Trinajstić information content (AvgIpc) is 2.43. The van der Waals surface area contributed by atoms with Gasteiger partial charge in [0.2, 0.25) is 0 Å². The molecule has 0 unspecified atom stereocenters. The topological polar surface area (TPSA) is 46.5 Å². The molecular weight excluding hydrogens is 254 g/mol. The van der Waals surface area contributed by atoms with Crippen LogP contribution in [0, 0.1) is 0 Å². The van der Waals surface area contributed by atoms with Crippen LogP contribution in [-0.4, -0.2) is 42.8 Å². The molecule has 0 saturated heterocycles. The first kappa shape index (κ1) is 16.2. The van der Waals surface area contributed by atoms with Gasteiger partial charge < -0.3 is 14.3 Å². The van der Waals surface area contributed by atoms with Gasteiger partial charge in [-0.2, -0.15) is 0 Å². The van der Waals surface area contributed by atoms with Gasteiger partial charge in [-0.25, -0.2) is 4.79 Å². The molecule has 0 aliphatic carbocycles. The zero-order valence-corrected chi connectivity index (χ0v) is 12.5. The van der Waals surface area contributed by atoms with Crippen LogP contribution in [0.15, 0.2) is 42.2 Å². The monoisotopic (exact) mass is 278 g/mol. The number of nitrogens with zero attached hydrogens (tertiary/aromatic N) is 1. The maximum absolute atomic E-state index is 11.2. The number of aliphatic hydroxyl groups is 1. The Morgan fingerprint density at radius 1 is 1.30 bits per heavy atom. The molecule has 0 amide bonds. The number of hydrogen-bond acceptors (Lipinski definition) is 3. The zero-order valence-electron chi connectivity index (χ0n) is 12.5. The van der Waals surface area contributed by atoms with Crippen molar-refractivity contribution in [1.29, 1.82) is 0 Å². The van der Waals surface area contributed by atoms with E-state index in [2.05, 4.69) is 26.2 Å². The third-order valence-corrected chi connectivity index (χ3v) is 3.08. The van der Waals surface area contributed by atoms with Gasteiger partial charge in [0, 0.05) is 12.0 Å². The Morgan fingerprint density at radius 2 is 1.95 bits per heavy atom. The van der Waals surface area contributed by atoms with Crippen molar-refractivity contribution >= 4 is 5.97 Å². The minimum atomic E-state index is -0.652. The van der Waals surface area contributed by atoms with Gasteiger partial charge in [-0.3, -0.25) is 0 Å². The van der Waals surface area contributed by atoms with E-state index in [0.717, 1.165) is 24.0 Å². The molecule has 20 heavy (non-hydrogen) atoms. The van der Waals surface area contributed by atoms with Gasteiger partial charge in [0.05, 0.1) is 27.2 Å². The van der Waals surface area contributed by atoms with Crippen LogP contribution in [0.3, 0.4) is 0 Å². The fourth-order valence-electron chi connectivity index (χ4n) is 2.01. The van der Waals surface area contributed by atoms with Gasteiger partial charge in [-0.1, -0.05) is 30.3 Å². The summed E-state index contributed by atoms with van der Waals surface area (Å²) >= 11 is 0. The van der Waals surface area contributed by atoms with E-state index in [0.29, 0.717) is 6.61 Å². The SMILES string of the molecule is CC=C(O)C(=O)OCCC[N+](C)(C)Cc1ccccc1. The first-order valence-electron chi connectivity index (χ1n) is 6.83.